The predicted octanol–water partition coefficient (Wildman–Crippen LogP) is 1.61. The highest BCUT2D eigenvalue weighted by molar-refractivity contribution is 9.10. The quantitative estimate of drug-likeness (QED) is 0.749. The average molecular weight is 239 g/mol. The van der Waals surface area contributed by atoms with E-state index < -0.39 is 0 Å². The molecule has 1 aromatic carbocycles. The standard InChI is InChI=1S/C10H11BrN2/c11-7-1-3-8(4-2-7)13-9-5-12-6-10(9)13/h1-4,9-10,12H,5-6H2. The van der Waals surface area contributed by atoms with Gasteiger partial charge in [0, 0.05) is 23.2 Å². The van der Waals surface area contributed by atoms with Gasteiger partial charge in [-0.2, -0.15) is 0 Å². The smallest absolute Gasteiger partial charge is 0.0635 e. The molecule has 0 bridgehead atoms. The lowest BCUT2D eigenvalue weighted by Gasteiger charge is -2.09. The number of piperazine rings is 1. The minimum absolute atomic E-state index is 0.765. The van der Waals surface area contributed by atoms with E-state index in [0.717, 1.165) is 29.6 Å². The minimum atomic E-state index is 0.765. The SMILES string of the molecule is Brc1ccc(N2C3CNCC32)cc1. The van der Waals surface area contributed by atoms with E-state index in [-0.39, 0.29) is 0 Å². The molecule has 2 unspecified atom stereocenters. The van der Waals surface area contributed by atoms with Gasteiger partial charge >= 0.3 is 0 Å². The van der Waals surface area contributed by atoms with E-state index >= 15 is 0 Å². The summed E-state index contributed by atoms with van der Waals surface area (Å²) in [6, 6.07) is 10.1. The molecule has 2 fully saturated rings. The van der Waals surface area contributed by atoms with E-state index in [1.165, 1.54) is 5.69 Å². The molecule has 0 aromatic heterocycles. The molecule has 13 heavy (non-hydrogen) atoms. The van der Waals surface area contributed by atoms with E-state index in [4.69, 9.17) is 0 Å². The van der Waals surface area contributed by atoms with Crippen LogP contribution in [0.5, 0.6) is 0 Å². The molecule has 0 amide bonds. The van der Waals surface area contributed by atoms with Crippen LogP contribution >= 0.6 is 15.9 Å². The van der Waals surface area contributed by atoms with E-state index in [1.54, 1.807) is 0 Å². The maximum atomic E-state index is 3.45. The second kappa shape index (κ2) is 2.72. The number of fused-ring (bicyclic) bond motifs is 1. The molecule has 2 aliphatic rings. The summed E-state index contributed by atoms with van der Waals surface area (Å²) in [4.78, 5) is 2.49. The van der Waals surface area contributed by atoms with Crippen LogP contribution in [0.25, 0.3) is 0 Å². The van der Waals surface area contributed by atoms with Crippen molar-refractivity contribution >= 4 is 21.6 Å². The summed E-state index contributed by atoms with van der Waals surface area (Å²) in [5.41, 5.74) is 1.36. The zero-order valence-electron chi connectivity index (χ0n) is 7.20. The number of anilines is 1. The van der Waals surface area contributed by atoms with Gasteiger partial charge in [0.2, 0.25) is 0 Å². The lowest BCUT2D eigenvalue weighted by molar-refractivity contribution is 0.768. The zero-order chi connectivity index (χ0) is 8.84. The van der Waals surface area contributed by atoms with Crippen molar-refractivity contribution in [2.45, 2.75) is 12.1 Å². The molecule has 1 N–H and O–H groups in total. The first-order valence-corrected chi connectivity index (χ1v) is 5.40. The van der Waals surface area contributed by atoms with Gasteiger partial charge in [-0.15, -0.1) is 0 Å². The van der Waals surface area contributed by atoms with Crippen molar-refractivity contribution < 1.29 is 0 Å². The summed E-state index contributed by atoms with van der Waals surface area (Å²) in [6.07, 6.45) is 0. The average Bonchev–Trinajstić information content (AvgIpc) is 2.63. The Morgan fingerprint density at radius 1 is 1.15 bits per heavy atom. The number of nitrogens with zero attached hydrogens (tertiary/aromatic N) is 1. The van der Waals surface area contributed by atoms with Crippen LogP contribution in [0.3, 0.4) is 0 Å². The zero-order valence-corrected chi connectivity index (χ0v) is 8.79. The van der Waals surface area contributed by atoms with E-state index in [2.05, 4.69) is 50.4 Å². The summed E-state index contributed by atoms with van der Waals surface area (Å²) in [5, 5.41) is 3.38. The van der Waals surface area contributed by atoms with Crippen LogP contribution in [-0.2, 0) is 0 Å². The topological polar surface area (TPSA) is 15.0 Å². The Kier molecular flexibility index (Phi) is 1.64. The molecule has 0 saturated carbocycles. The second-order valence-corrected chi connectivity index (χ2v) is 4.59. The highest BCUT2D eigenvalue weighted by atomic mass is 79.9. The molecule has 2 nitrogen and oxygen atoms in total. The molecule has 0 aliphatic carbocycles. The summed E-state index contributed by atoms with van der Waals surface area (Å²) in [7, 11) is 0. The Balaban J connectivity index is 1.83. The molecular formula is C10H11BrN2. The van der Waals surface area contributed by atoms with Gasteiger partial charge in [0.15, 0.2) is 0 Å². The van der Waals surface area contributed by atoms with Crippen molar-refractivity contribution in [2.24, 2.45) is 0 Å². The minimum Gasteiger partial charge on any atom is -0.359 e. The van der Waals surface area contributed by atoms with Crippen LogP contribution in [0.15, 0.2) is 28.7 Å². The molecule has 2 atom stereocenters. The lowest BCUT2D eigenvalue weighted by Crippen LogP contribution is -2.22. The van der Waals surface area contributed by atoms with Crippen LogP contribution in [0.1, 0.15) is 0 Å². The first-order valence-electron chi connectivity index (χ1n) is 4.61. The van der Waals surface area contributed by atoms with Gasteiger partial charge in [0.05, 0.1) is 12.1 Å². The number of rotatable bonds is 1. The fourth-order valence-electron chi connectivity index (χ4n) is 2.18. The normalized spacial score (nSPS) is 30.4. The van der Waals surface area contributed by atoms with E-state index in [1.807, 2.05) is 0 Å². The monoisotopic (exact) mass is 238 g/mol. The molecule has 3 heteroatoms. The highest BCUT2D eigenvalue weighted by Crippen LogP contribution is 2.37. The van der Waals surface area contributed by atoms with Gasteiger partial charge < -0.3 is 10.2 Å². The van der Waals surface area contributed by atoms with Crippen LogP contribution in [0.2, 0.25) is 0 Å². The van der Waals surface area contributed by atoms with Crippen molar-refractivity contribution in [1.82, 2.24) is 5.32 Å². The maximum Gasteiger partial charge on any atom is 0.0635 e. The third-order valence-corrected chi connectivity index (χ3v) is 3.43. The molecule has 1 aromatic rings. The number of hydrogen-bond donors (Lipinski definition) is 1. The lowest BCUT2D eigenvalue weighted by atomic mass is 10.3. The molecule has 2 saturated heterocycles. The Morgan fingerprint density at radius 2 is 1.77 bits per heavy atom. The van der Waals surface area contributed by atoms with Crippen molar-refractivity contribution in [1.29, 1.82) is 0 Å². The molecule has 2 aliphatic heterocycles. The van der Waals surface area contributed by atoms with Gasteiger partial charge in [-0.25, -0.2) is 0 Å². The van der Waals surface area contributed by atoms with Crippen molar-refractivity contribution in [3.63, 3.8) is 0 Å². The maximum absolute atomic E-state index is 3.45. The van der Waals surface area contributed by atoms with Crippen molar-refractivity contribution in [2.75, 3.05) is 18.0 Å². The van der Waals surface area contributed by atoms with Gasteiger partial charge in [-0.05, 0) is 24.3 Å². The fourth-order valence-corrected chi connectivity index (χ4v) is 2.44. The first kappa shape index (κ1) is 7.83. The third kappa shape index (κ3) is 1.18. The summed E-state index contributed by atoms with van der Waals surface area (Å²) < 4.78 is 1.15. The molecule has 0 radical (unpaired) electrons. The predicted molar refractivity (Wildman–Crippen MR) is 57.1 cm³/mol. The van der Waals surface area contributed by atoms with Gasteiger partial charge in [0.25, 0.3) is 0 Å². The molecule has 0 spiro atoms. The van der Waals surface area contributed by atoms with Crippen LogP contribution in [0.4, 0.5) is 5.69 Å². The number of nitrogens with one attached hydrogen (secondary N) is 1. The van der Waals surface area contributed by atoms with Crippen LogP contribution < -0.4 is 10.2 Å². The van der Waals surface area contributed by atoms with E-state index in [9.17, 15) is 0 Å². The third-order valence-electron chi connectivity index (χ3n) is 2.90. The number of benzene rings is 1. The summed E-state index contributed by atoms with van der Waals surface area (Å²) in [5.74, 6) is 0. The van der Waals surface area contributed by atoms with Gasteiger partial charge in [-0.3, -0.25) is 0 Å². The molecule has 3 rings (SSSR count). The van der Waals surface area contributed by atoms with Crippen molar-refractivity contribution in [3.05, 3.63) is 28.7 Å². The Hall–Kier alpha value is -0.540. The molecular weight excluding hydrogens is 228 g/mol. The van der Waals surface area contributed by atoms with E-state index in [0.29, 0.717) is 0 Å². The highest BCUT2D eigenvalue weighted by Gasteiger charge is 2.50. The molecule has 2 heterocycles. The molecule has 68 valence electrons. The van der Waals surface area contributed by atoms with Gasteiger partial charge in [-0.1, -0.05) is 15.9 Å². The van der Waals surface area contributed by atoms with Crippen LogP contribution in [0, 0.1) is 0 Å². The Labute approximate surface area is 86.1 Å². The largest absolute Gasteiger partial charge is 0.359 e. The fraction of sp³-hybridized carbons (Fsp3) is 0.400. The number of halogens is 1. The van der Waals surface area contributed by atoms with Crippen molar-refractivity contribution in [3.8, 4) is 0 Å². The first-order chi connectivity index (χ1) is 6.36. The Bertz CT molecular complexity index is 312. The summed E-state index contributed by atoms with van der Waals surface area (Å²) in [6.45, 7) is 2.31. The second-order valence-electron chi connectivity index (χ2n) is 3.68. The number of hydrogen-bond acceptors (Lipinski definition) is 2. The van der Waals surface area contributed by atoms with Crippen LogP contribution in [-0.4, -0.2) is 25.2 Å². The van der Waals surface area contributed by atoms with Gasteiger partial charge in [0.1, 0.15) is 0 Å². The summed E-state index contributed by atoms with van der Waals surface area (Å²) >= 11 is 3.45. The Morgan fingerprint density at radius 3 is 2.38 bits per heavy atom.